The maximum absolute atomic E-state index is 3.70. The largest absolute Gasteiger partial charge is 0.311 e. The normalized spacial score (nSPS) is 34.1. The van der Waals surface area contributed by atoms with Crippen LogP contribution in [0.15, 0.2) is 0 Å². The molecule has 0 aromatic carbocycles. The van der Waals surface area contributed by atoms with Crippen LogP contribution in [0.3, 0.4) is 0 Å². The summed E-state index contributed by atoms with van der Waals surface area (Å²) < 4.78 is 0. The van der Waals surface area contributed by atoms with Gasteiger partial charge in [0.25, 0.3) is 0 Å². The van der Waals surface area contributed by atoms with Crippen LogP contribution < -0.4 is 5.32 Å². The van der Waals surface area contributed by atoms with E-state index in [-0.39, 0.29) is 0 Å². The molecule has 0 amide bonds. The van der Waals surface area contributed by atoms with Gasteiger partial charge in [-0.15, -0.1) is 0 Å². The van der Waals surface area contributed by atoms with Gasteiger partial charge in [0, 0.05) is 31.2 Å². The van der Waals surface area contributed by atoms with Crippen LogP contribution in [0.2, 0.25) is 0 Å². The topological polar surface area (TPSA) is 18.5 Å². The average Bonchev–Trinajstić information content (AvgIpc) is 2.39. The van der Waals surface area contributed by atoms with Crippen molar-refractivity contribution in [3.63, 3.8) is 0 Å². The molecule has 0 bridgehead atoms. The van der Waals surface area contributed by atoms with E-state index in [9.17, 15) is 0 Å². The van der Waals surface area contributed by atoms with Gasteiger partial charge in [0.2, 0.25) is 0 Å². The Labute approximate surface area is 107 Å². The summed E-state index contributed by atoms with van der Waals surface area (Å²) in [4.78, 5) is 5.29. The van der Waals surface area contributed by atoms with Crippen LogP contribution in [0.5, 0.6) is 0 Å². The number of hydrogen-bond acceptors (Lipinski definition) is 3. The maximum atomic E-state index is 3.70. The summed E-state index contributed by atoms with van der Waals surface area (Å²) in [5.74, 6) is 0. The molecule has 3 heteroatoms. The predicted octanol–water partition coefficient (Wildman–Crippen LogP) is 1.54. The molecule has 2 saturated heterocycles. The number of likely N-dealkylation sites (tertiary alicyclic amines) is 1. The zero-order valence-corrected chi connectivity index (χ0v) is 11.8. The van der Waals surface area contributed by atoms with E-state index in [2.05, 4.69) is 36.0 Å². The Kier molecular flexibility index (Phi) is 4.83. The molecule has 100 valence electrons. The van der Waals surface area contributed by atoms with Crippen LogP contribution in [0.25, 0.3) is 0 Å². The minimum atomic E-state index is 0.720. The fourth-order valence-corrected chi connectivity index (χ4v) is 3.31. The second-order valence-corrected chi connectivity index (χ2v) is 5.81. The van der Waals surface area contributed by atoms with E-state index in [0.29, 0.717) is 0 Å². The molecule has 2 aliphatic heterocycles. The van der Waals surface area contributed by atoms with Crippen molar-refractivity contribution in [3.05, 3.63) is 0 Å². The monoisotopic (exact) mass is 239 g/mol. The van der Waals surface area contributed by atoms with Crippen molar-refractivity contribution in [2.45, 2.75) is 57.7 Å². The molecule has 0 aromatic heterocycles. The number of nitrogens with zero attached hydrogens (tertiary/aromatic N) is 2. The molecule has 2 atom stereocenters. The first-order chi connectivity index (χ1) is 8.24. The van der Waals surface area contributed by atoms with Gasteiger partial charge in [0.1, 0.15) is 0 Å². The van der Waals surface area contributed by atoms with Gasteiger partial charge in [-0.1, -0.05) is 13.8 Å². The van der Waals surface area contributed by atoms with Crippen LogP contribution in [0.4, 0.5) is 0 Å². The molecule has 0 spiro atoms. The SMILES string of the molecule is CCC1CN(C2CCN(C)CC2)C(CC)CN1. The Balaban J connectivity index is 1.94. The molecule has 17 heavy (non-hydrogen) atoms. The third-order valence-corrected chi connectivity index (χ3v) is 4.66. The zero-order chi connectivity index (χ0) is 12.3. The average molecular weight is 239 g/mol. The summed E-state index contributed by atoms with van der Waals surface area (Å²) in [5.41, 5.74) is 0. The van der Waals surface area contributed by atoms with E-state index < -0.39 is 0 Å². The van der Waals surface area contributed by atoms with E-state index in [4.69, 9.17) is 0 Å². The second-order valence-electron chi connectivity index (χ2n) is 5.81. The molecule has 2 rings (SSSR count). The first-order valence-electron chi connectivity index (χ1n) is 7.42. The molecule has 0 aliphatic carbocycles. The first kappa shape index (κ1) is 13.3. The van der Waals surface area contributed by atoms with Gasteiger partial charge in [-0.3, -0.25) is 4.90 Å². The Morgan fingerprint density at radius 2 is 1.82 bits per heavy atom. The Bertz CT molecular complexity index is 224. The fourth-order valence-electron chi connectivity index (χ4n) is 3.31. The molecule has 2 unspecified atom stereocenters. The number of rotatable bonds is 3. The highest BCUT2D eigenvalue weighted by molar-refractivity contribution is 4.90. The van der Waals surface area contributed by atoms with Gasteiger partial charge in [0.05, 0.1) is 0 Å². The summed E-state index contributed by atoms with van der Waals surface area (Å²) in [5, 5.41) is 3.70. The van der Waals surface area contributed by atoms with E-state index in [1.54, 1.807) is 0 Å². The van der Waals surface area contributed by atoms with Crippen LogP contribution >= 0.6 is 0 Å². The smallest absolute Gasteiger partial charge is 0.0221 e. The minimum absolute atomic E-state index is 0.720. The number of nitrogens with one attached hydrogen (secondary N) is 1. The number of piperidine rings is 1. The van der Waals surface area contributed by atoms with Crippen molar-refractivity contribution < 1.29 is 0 Å². The molecular weight excluding hydrogens is 210 g/mol. The van der Waals surface area contributed by atoms with E-state index in [0.717, 1.165) is 18.1 Å². The molecule has 0 saturated carbocycles. The van der Waals surface area contributed by atoms with Crippen LogP contribution in [-0.4, -0.2) is 61.2 Å². The molecule has 3 nitrogen and oxygen atoms in total. The van der Waals surface area contributed by atoms with Crippen molar-refractivity contribution in [2.75, 3.05) is 33.2 Å². The summed E-state index contributed by atoms with van der Waals surface area (Å²) in [6.45, 7) is 9.66. The lowest BCUT2D eigenvalue weighted by Gasteiger charge is -2.46. The van der Waals surface area contributed by atoms with Gasteiger partial charge >= 0.3 is 0 Å². The zero-order valence-electron chi connectivity index (χ0n) is 11.8. The molecule has 2 aliphatic rings. The van der Waals surface area contributed by atoms with Gasteiger partial charge in [-0.05, 0) is 45.8 Å². The Morgan fingerprint density at radius 1 is 1.12 bits per heavy atom. The highest BCUT2D eigenvalue weighted by Gasteiger charge is 2.32. The lowest BCUT2D eigenvalue weighted by molar-refractivity contribution is 0.0448. The van der Waals surface area contributed by atoms with Crippen molar-refractivity contribution in [2.24, 2.45) is 0 Å². The van der Waals surface area contributed by atoms with Crippen LogP contribution in [-0.2, 0) is 0 Å². The summed E-state index contributed by atoms with van der Waals surface area (Å²) >= 11 is 0. The van der Waals surface area contributed by atoms with Crippen molar-refractivity contribution in [3.8, 4) is 0 Å². The van der Waals surface area contributed by atoms with Gasteiger partial charge < -0.3 is 10.2 Å². The first-order valence-corrected chi connectivity index (χ1v) is 7.42. The van der Waals surface area contributed by atoms with Crippen LogP contribution in [0, 0.1) is 0 Å². The third-order valence-electron chi connectivity index (χ3n) is 4.66. The molecule has 1 N–H and O–H groups in total. The highest BCUT2D eigenvalue weighted by atomic mass is 15.3. The van der Waals surface area contributed by atoms with Crippen molar-refractivity contribution in [1.29, 1.82) is 0 Å². The van der Waals surface area contributed by atoms with Gasteiger partial charge in [-0.25, -0.2) is 0 Å². The molecule has 0 aromatic rings. The van der Waals surface area contributed by atoms with E-state index >= 15 is 0 Å². The number of hydrogen-bond donors (Lipinski definition) is 1. The Morgan fingerprint density at radius 3 is 2.41 bits per heavy atom. The van der Waals surface area contributed by atoms with Crippen LogP contribution in [0.1, 0.15) is 39.5 Å². The van der Waals surface area contributed by atoms with E-state index in [1.165, 1.54) is 51.9 Å². The summed E-state index contributed by atoms with van der Waals surface area (Å²) in [6.07, 6.45) is 5.28. The fraction of sp³-hybridized carbons (Fsp3) is 1.00. The second kappa shape index (κ2) is 6.17. The predicted molar refractivity (Wildman–Crippen MR) is 73.4 cm³/mol. The Hall–Kier alpha value is -0.120. The quantitative estimate of drug-likeness (QED) is 0.806. The molecular formula is C14H29N3. The van der Waals surface area contributed by atoms with Gasteiger partial charge in [0.15, 0.2) is 0 Å². The van der Waals surface area contributed by atoms with E-state index in [1.807, 2.05) is 0 Å². The van der Waals surface area contributed by atoms with Crippen molar-refractivity contribution >= 4 is 0 Å². The highest BCUT2D eigenvalue weighted by Crippen LogP contribution is 2.22. The summed E-state index contributed by atoms with van der Waals surface area (Å²) in [7, 11) is 2.25. The van der Waals surface area contributed by atoms with Crippen molar-refractivity contribution in [1.82, 2.24) is 15.1 Å². The third kappa shape index (κ3) is 3.21. The number of piperazine rings is 1. The minimum Gasteiger partial charge on any atom is -0.311 e. The molecule has 2 fully saturated rings. The molecule has 2 heterocycles. The lowest BCUT2D eigenvalue weighted by Crippen LogP contribution is -2.60. The summed E-state index contributed by atoms with van der Waals surface area (Å²) in [6, 6.07) is 2.33. The maximum Gasteiger partial charge on any atom is 0.0221 e. The molecule has 0 radical (unpaired) electrons. The van der Waals surface area contributed by atoms with Gasteiger partial charge in [-0.2, -0.15) is 0 Å². The lowest BCUT2D eigenvalue weighted by atomic mass is 9.96. The standard InChI is InChI=1S/C14H29N3/c1-4-12-11-17(13(5-2)10-15-12)14-6-8-16(3)9-7-14/h12-15H,4-11H2,1-3H3.